The molecule has 5 nitrogen and oxygen atoms in total. The van der Waals surface area contributed by atoms with E-state index in [1.165, 1.54) is 11.6 Å². The fourth-order valence-corrected chi connectivity index (χ4v) is 6.59. The maximum Gasteiger partial charge on any atom is 0.186 e. The Balaban J connectivity index is 1.15. The summed E-state index contributed by atoms with van der Waals surface area (Å²) >= 11 is 8.03. The molecule has 0 bridgehead atoms. The van der Waals surface area contributed by atoms with E-state index in [0.29, 0.717) is 22.2 Å². The van der Waals surface area contributed by atoms with E-state index in [2.05, 4.69) is 26.1 Å². The third-order valence-electron chi connectivity index (χ3n) is 7.38. The van der Waals surface area contributed by atoms with Crippen LogP contribution in [0.5, 0.6) is 0 Å². The summed E-state index contributed by atoms with van der Waals surface area (Å²) < 4.78 is 20.8. The molecule has 1 saturated carbocycles. The van der Waals surface area contributed by atoms with Crippen LogP contribution >= 0.6 is 22.9 Å². The summed E-state index contributed by atoms with van der Waals surface area (Å²) in [6, 6.07) is 8.84. The fourth-order valence-electron chi connectivity index (χ4n) is 5.34. The maximum atomic E-state index is 14.1. The normalized spacial score (nSPS) is 19.5. The van der Waals surface area contributed by atoms with Crippen LogP contribution in [0, 0.1) is 11.2 Å². The summed E-state index contributed by atoms with van der Waals surface area (Å²) in [5.74, 6) is 1.20. The first-order valence-corrected chi connectivity index (χ1v) is 12.9. The molecule has 2 fully saturated rings. The van der Waals surface area contributed by atoms with Gasteiger partial charge in [-0.05, 0) is 67.4 Å². The number of para-hydroxylation sites is 1. The second-order valence-electron chi connectivity index (χ2n) is 9.66. The first-order valence-electron chi connectivity index (χ1n) is 11.7. The number of nitrogens with zero attached hydrogens (tertiary/aromatic N) is 4. The summed E-state index contributed by atoms with van der Waals surface area (Å²) in [5.41, 5.74) is 4.54. The molecule has 1 aromatic carbocycles. The zero-order valence-electron chi connectivity index (χ0n) is 18.4. The number of aromatic nitrogens is 3. The van der Waals surface area contributed by atoms with Crippen molar-refractivity contribution in [2.45, 2.75) is 38.0 Å². The van der Waals surface area contributed by atoms with Crippen molar-refractivity contribution in [2.75, 3.05) is 18.0 Å². The first-order chi connectivity index (χ1) is 16.6. The second-order valence-corrected chi connectivity index (χ2v) is 11.1. The predicted octanol–water partition coefficient (Wildman–Crippen LogP) is 7.09. The number of fused-ring (bicyclic) bond motifs is 1. The quantitative estimate of drug-likeness (QED) is 0.304. The average Bonchev–Trinajstić information content (AvgIpc) is 3.42. The number of allylic oxidation sites excluding steroid dienone is 2. The number of anilines is 1. The zero-order chi connectivity index (χ0) is 22.9. The molecule has 1 spiro atoms. The van der Waals surface area contributed by atoms with Gasteiger partial charge in [0.15, 0.2) is 5.13 Å². The molecule has 1 aliphatic heterocycles. The molecule has 0 atom stereocenters. The fraction of sp³-hybridized carbons (Fsp3) is 0.346. The van der Waals surface area contributed by atoms with E-state index in [1.807, 2.05) is 18.2 Å². The number of hydrogen-bond acceptors (Lipinski definition) is 6. The molecule has 0 unspecified atom stereocenters. The van der Waals surface area contributed by atoms with Gasteiger partial charge in [0.25, 0.3) is 0 Å². The Kier molecular flexibility index (Phi) is 4.61. The van der Waals surface area contributed by atoms with Gasteiger partial charge in [-0.1, -0.05) is 40.2 Å². The van der Waals surface area contributed by atoms with Crippen LogP contribution in [0.2, 0.25) is 5.02 Å². The lowest BCUT2D eigenvalue weighted by Gasteiger charge is -2.46. The Morgan fingerprint density at radius 2 is 1.94 bits per heavy atom. The van der Waals surface area contributed by atoms with Gasteiger partial charge in [0.2, 0.25) is 0 Å². The maximum absolute atomic E-state index is 14.1. The van der Waals surface area contributed by atoms with Crippen LogP contribution in [0.3, 0.4) is 0 Å². The summed E-state index contributed by atoms with van der Waals surface area (Å²) in [7, 11) is 0. The highest BCUT2D eigenvalue weighted by Crippen LogP contribution is 2.56. The molecule has 1 saturated heterocycles. The van der Waals surface area contributed by atoms with Gasteiger partial charge in [0.1, 0.15) is 28.5 Å². The van der Waals surface area contributed by atoms with Crippen molar-refractivity contribution in [1.82, 2.24) is 15.1 Å². The minimum atomic E-state index is -0.246. The van der Waals surface area contributed by atoms with Crippen LogP contribution in [0.1, 0.15) is 49.3 Å². The zero-order valence-corrected chi connectivity index (χ0v) is 20.0. The van der Waals surface area contributed by atoms with Gasteiger partial charge in [-0.3, -0.25) is 4.98 Å². The van der Waals surface area contributed by atoms with Crippen molar-refractivity contribution in [1.29, 1.82) is 0 Å². The standard InChI is InChI=1S/C26H22ClFN4OS/c27-17-3-2-10-29-21(17)23-20(24(33-31-23)15-6-7-15)16-13-26(14-16)8-11-32(12-9-26)25-30-22-18(28)4-1-5-19(22)34-25/h1-5,10,13,15H,6-9,11-12,14H2. The Labute approximate surface area is 205 Å². The molecule has 2 aliphatic carbocycles. The lowest BCUT2D eigenvalue weighted by Crippen LogP contribution is -2.42. The summed E-state index contributed by atoms with van der Waals surface area (Å²) in [6.07, 6.45) is 9.59. The molecule has 0 radical (unpaired) electrons. The molecular formula is C26H22ClFN4OS. The highest BCUT2D eigenvalue weighted by Gasteiger charge is 2.44. The SMILES string of the molecule is Fc1cccc2sc(N3CCC4(C=C(c5c(-c6ncccc6Cl)noc5C5CC5)C4)CC3)nc12. The smallest absolute Gasteiger partial charge is 0.186 e. The number of rotatable bonds is 4. The highest BCUT2D eigenvalue weighted by atomic mass is 35.5. The van der Waals surface area contributed by atoms with Crippen LogP contribution in [0.15, 0.2) is 47.1 Å². The Bertz CT molecular complexity index is 1450. The summed E-state index contributed by atoms with van der Waals surface area (Å²) in [6.45, 7) is 1.84. The molecular weight excluding hydrogens is 471 g/mol. The number of benzene rings is 1. The largest absolute Gasteiger partial charge is 0.360 e. The Morgan fingerprint density at radius 1 is 1.12 bits per heavy atom. The third kappa shape index (κ3) is 3.28. The molecule has 172 valence electrons. The van der Waals surface area contributed by atoms with Crippen molar-refractivity contribution in [3.8, 4) is 11.4 Å². The minimum absolute atomic E-state index is 0.192. The number of halogens is 2. The van der Waals surface area contributed by atoms with E-state index in [-0.39, 0.29) is 11.2 Å². The minimum Gasteiger partial charge on any atom is -0.360 e. The van der Waals surface area contributed by atoms with Crippen LogP contribution in [0.25, 0.3) is 27.2 Å². The molecule has 4 aromatic rings. The van der Waals surface area contributed by atoms with Crippen molar-refractivity contribution >= 4 is 43.9 Å². The molecule has 34 heavy (non-hydrogen) atoms. The van der Waals surface area contributed by atoms with Crippen molar-refractivity contribution < 1.29 is 8.91 Å². The number of thiazole rings is 1. The average molecular weight is 493 g/mol. The van der Waals surface area contributed by atoms with E-state index >= 15 is 0 Å². The Morgan fingerprint density at radius 3 is 2.68 bits per heavy atom. The van der Waals surface area contributed by atoms with Crippen LogP contribution in [0.4, 0.5) is 9.52 Å². The van der Waals surface area contributed by atoms with Gasteiger partial charge in [0.05, 0.1) is 15.3 Å². The third-order valence-corrected chi connectivity index (χ3v) is 8.77. The van der Waals surface area contributed by atoms with Crippen molar-refractivity contribution in [3.05, 3.63) is 64.8 Å². The van der Waals surface area contributed by atoms with Gasteiger partial charge < -0.3 is 9.42 Å². The monoisotopic (exact) mass is 492 g/mol. The first kappa shape index (κ1) is 20.6. The van der Waals surface area contributed by atoms with E-state index in [1.54, 1.807) is 23.6 Å². The van der Waals surface area contributed by atoms with Crippen LogP contribution < -0.4 is 4.90 Å². The van der Waals surface area contributed by atoms with E-state index < -0.39 is 0 Å². The molecule has 3 aromatic heterocycles. The predicted molar refractivity (Wildman–Crippen MR) is 133 cm³/mol. The molecule has 4 heterocycles. The lowest BCUT2D eigenvalue weighted by molar-refractivity contribution is 0.277. The van der Waals surface area contributed by atoms with E-state index in [4.69, 9.17) is 16.1 Å². The van der Waals surface area contributed by atoms with Gasteiger partial charge in [-0.15, -0.1) is 0 Å². The molecule has 0 amide bonds. The van der Waals surface area contributed by atoms with Gasteiger partial charge in [-0.2, -0.15) is 0 Å². The van der Waals surface area contributed by atoms with Gasteiger partial charge in [-0.25, -0.2) is 9.37 Å². The van der Waals surface area contributed by atoms with Crippen LogP contribution in [-0.4, -0.2) is 28.2 Å². The Hall–Kier alpha value is -2.77. The highest BCUT2D eigenvalue weighted by molar-refractivity contribution is 7.22. The lowest BCUT2D eigenvalue weighted by atomic mass is 9.63. The number of piperidine rings is 1. The topological polar surface area (TPSA) is 55.1 Å². The number of pyridine rings is 1. The molecule has 7 rings (SSSR count). The van der Waals surface area contributed by atoms with Crippen molar-refractivity contribution in [3.63, 3.8) is 0 Å². The van der Waals surface area contributed by atoms with E-state index in [0.717, 1.165) is 72.0 Å². The second kappa shape index (κ2) is 7.62. The molecule has 0 N–H and O–H groups in total. The van der Waals surface area contributed by atoms with E-state index in [9.17, 15) is 4.39 Å². The summed E-state index contributed by atoms with van der Waals surface area (Å²) in [5, 5.41) is 5.93. The van der Waals surface area contributed by atoms with Crippen molar-refractivity contribution in [2.24, 2.45) is 5.41 Å². The van der Waals surface area contributed by atoms with Gasteiger partial charge in [0, 0.05) is 25.2 Å². The van der Waals surface area contributed by atoms with Crippen LogP contribution in [-0.2, 0) is 0 Å². The number of hydrogen-bond donors (Lipinski definition) is 0. The molecule has 8 heteroatoms. The molecule has 3 aliphatic rings. The van der Waals surface area contributed by atoms with Gasteiger partial charge >= 0.3 is 0 Å². The summed E-state index contributed by atoms with van der Waals surface area (Å²) in [4.78, 5) is 11.4.